The van der Waals surface area contributed by atoms with Crippen LogP contribution in [-0.2, 0) is 17.8 Å². The maximum atomic E-state index is 12.1. The number of amides is 1. The van der Waals surface area contributed by atoms with Crippen molar-refractivity contribution in [3.63, 3.8) is 0 Å². The molecule has 0 fully saturated rings. The molecule has 1 aromatic carbocycles. The van der Waals surface area contributed by atoms with Gasteiger partial charge in [-0.25, -0.2) is 4.68 Å². The second-order valence-corrected chi connectivity index (χ2v) is 6.82. The van der Waals surface area contributed by atoms with Crippen molar-refractivity contribution in [3.8, 4) is 11.5 Å². The number of carbonyl (C=O) groups is 1. The van der Waals surface area contributed by atoms with Crippen molar-refractivity contribution in [3.05, 3.63) is 76.9 Å². The average Bonchev–Trinajstić information content (AvgIpc) is 3.40. The van der Waals surface area contributed by atoms with E-state index in [-0.39, 0.29) is 11.5 Å². The van der Waals surface area contributed by atoms with Gasteiger partial charge in [0.25, 0.3) is 5.56 Å². The summed E-state index contributed by atoms with van der Waals surface area (Å²) in [5.41, 5.74) is 2.69. The van der Waals surface area contributed by atoms with E-state index >= 15 is 0 Å². The molecule has 7 heteroatoms. The van der Waals surface area contributed by atoms with E-state index < -0.39 is 0 Å². The Morgan fingerprint density at radius 3 is 2.90 bits per heavy atom. The van der Waals surface area contributed by atoms with Crippen LogP contribution in [0.2, 0.25) is 0 Å². The molecule has 0 aliphatic rings. The van der Waals surface area contributed by atoms with Gasteiger partial charge in [-0.05, 0) is 42.7 Å². The Bertz CT molecular complexity index is 1160. The zero-order valence-corrected chi connectivity index (χ0v) is 15.9. The molecule has 0 atom stereocenters. The molecule has 0 aliphatic carbocycles. The lowest BCUT2D eigenvalue weighted by atomic mass is 10.1. The van der Waals surface area contributed by atoms with Crippen molar-refractivity contribution in [2.24, 2.45) is 0 Å². The number of nitrogens with one attached hydrogen (secondary N) is 2. The minimum atomic E-state index is -0.194. The van der Waals surface area contributed by atoms with Gasteiger partial charge in [0.05, 0.1) is 6.26 Å². The van der Waals surface area contributed by atoms with Crippen LogP contribution < -0.4 is 10.9 Å². The first-order valence-electron chi connectivity index (χ1n) is 9.64. The van der Waals surface area contributed by atoms with E-state index in [2.05, 4.69) is 21.5 Å². The lowest BCUT2D eigenvalue weighted by molar-refractivity contribution is -0.121. The van der Waals surface area contributed by atoms with Crippen molar-refractivity contribution in [2.75, 3.05) is 6.54 Å². The average molecular weight is 390 g/mol. The maximum absolute atomic E-state index is 12.1. The van der Waals surface area contributed by atoms with Gasteiger partial charge in [-0.15, -0.1) is 0 Å². The first-order chi connectivity index (χ1) is 14.2. The topological polar surface area (TPSA) is 92.9 Å². The summed E-state index contributed by atoms with van der Waals surface area (Å²) in [5.74, 6) is 0.578. The molecule has 1 amide bonds. The summed E-state index contributed by atoms with van der Waals surface area (Å²) in [5, 5.41) is 8.44. The van der Waals surface area contributed by atoms with Crippen LogP contribution in [0.5, 0.6) is 0 Å². The number of nitrogens with zero attached hydrogens (tertiary/aromatic N) is 2. The molecule has 2 N–H and O–H groups in total. The number of aryl methyl sites for hydroxylation is 1. The van der Waals surface area contributed by atoms with Gasteiger partial charge in [0.1, 0.15) is 5.69 Å². The van der Waals surface area contributed by atoms with E-state index in [0.717, 1.165) is 11.9 Å². The fourth-order valence-corrected chi connectivity index (χ4v) is 3.32. The van der Waals surface area contributed by atoms with Crippen LogP contribution in [0.15, 0.2) is 70.2 Å². The number of rotatable bonds is 8. The highest BCUT2D eigenvalue weighted by Gasteiger charge is 2.08. The second kappa shape index (κ2) is 8.60. The van der Waals surface area contributed by atoms with E-state index in [0.29, 0.717) is 37.4 Å². The molecule has 3 heterocycles. The molecule has 0 saturated heterocycles. The maximum Gasteiger partial charge on any atom is 0.266 e. The van der Waals surface area contributed by atoms with Gasteiger partial charge < -0.3 is 14.7 Å². The number of H-pyrrole nitrogens is 1. The van der Waals surface area contributed by atoms with Crippen LogP contribution in [0.4, 0.5) is 0 Å². The molecule has 3 aromatic heterocycles. The monoisotopic (exact) mass is 390 g/mol. The molecule has 0 aliphatic heterocycles. The molecule has 0 radical (unpaired) electrons. The van der Waals surface area contributed by atoms with Gasteiger partial charge in [0, 0.05) is 42.7 Å². The number of fused-ring (bicyclic) bond motifs is 1. The third-order valence-corrected chi connectivity index (χ3v) is 4.81. The number of benzene rings is 1. The molecule has 0 saturated carbocycles. The Hall–Kier alpha value is -3.61. The van der Waals surface area contributed by atoms with Gasteiger partial charge in [0.2, 0.25) is 5.91 Å². The lowest BCUT2D eigenvalue weighted by Crippen LogP contribution is -2.27. The number of carbonyl (C=O) groups excluding carboxylic acids is 1. The molecule has 0 bridgehead atoms. The highest BCUT2D eigenvalue weighted by molar-refractivity contribution is 5.83. The van der Waals surface area contributed by atoms with Gasteiger partial charge in [0.15, 0.2) is 5.76 Å². The summed E-state index contributed by atoms with van der Waals surface area (Å²) in [6.07, 6.45) is 5.19. The summed E-state index contributed by atoms with van der Waals surface area (Å²) in [6, 6.07) is 14.8. The van der Waals surface area contributed by atoms with Crippen molar-refractivity contribution >= 4 is 16.8 Å². The quantitative estimate of drug-likeness (QED) is 0.483. The summed E-state index contributed by atoms with van der Waals surface area (Å²) in [4.78, 5) is 27.4. The number of aromatic amines is 1. The number of hydrogen-bond donors (Lipinski definition) is 2. The van der Waals surface area contributed by atoms with Crippen LogP contribution in [0.3, 0.4) is 0 Å². The molecule has 0 unspecified atom stereocenters. The largest absolute Gasteiger partial charge is 0.463 e. The Morgan fingerprint density at radius 1 is 1.14 bits per heavy atom. The third-order valence-electron chi connectivity index (χ3n) is 4.81. The van der Waals surface area contributed by atoms with Crippen LogP contribution in [0, 0.1) is 0 Å². The Morgan fingerprint density at radius 2 is 2.03 bits per heavy atom. The molecule has 148 valence electrons. The minimum Gasteiger partial charge on any atom is -0.463 e. The molecular formula is C22H22N4O3. The normalized spacial score (nSPS) is 11.0. The predicted octanol–water partition coefficient (Wildman–Crippen LogP) is 3.12. The predicted molar refractivity (Wildman–Crippen MR) is 110 cm³/mol. The van der Waals surface area contributed by atoms with Gasteiger partial charge in [-0.2, -0.15) is 5.10 Å². The third kappa shape index (κ3) is 4.45. The first-order valence-corrected chi connectivity index (χ1v) is 9.64. The van der Waals surface area contributed by atoms with E-state index in [1.54, 1.807) is 24.5 Å². The zero-order valence-electron chi connectivity index (χ0n) is 15.9. The van der Waals surface area contributed by atoms with E-state index in [9.17, 15) is 9.59 Å². The molecular weight excluding hydrogens is 368 g/mol. The van der Waals surface area contributed by atoms with Crippen LogP contribution >= 0.6 is 0 Å². The van der Waals surface area contributed by atoms with Crippen molar-refractivity contribution in [1.29, 1.82) is 0 Å². The number of furan rings is 1. The lowest BCUT2D eigenvalue weighted by Gasteiger charge is -2.07. The summed E-state index contributed by atoms with van der Waals surface area (Å²) in [6.45, 7) is 0.954. The fraction of sp³-hybridized carbons (Fsp3) is 0.227. The molecule has 4 rings (SSSR count). The smallest absolute Gasteiger partial charge is 0.266 e. The van der Waals surface area contributed by atoms with Crippen LogP contribution in [0.25, 0.3) is 22.4 Å². The molecule has 0 spiro atoms. The second-order valence-electron chi connectivity index (χ2n) is 6.82. The highest BCUT2D eigenvalue weighted by atomic mass is 16.3. The number of para-hydroxylation sites is 1. The minimum absolute atomic E-state index is 0.0277. The highest BCUT2D eigenvalue weighted by Crippen LogP contribution is 2.18. The summed E-state index contributed by atoms with van der Waals surface area (Å²) in [7, 11) is 0. The van der Waals surface area contributed by atoms with E-state index in [4.69, 9.17) is 4.42 Å². The summed E-state index contributed by atoms with van der Waals surface area (Å²) < 4.78 is 6.69. The van der Waals surface area contributed by atoms with E-state index in [1.165, 1.54) is 21.7 Å². The Balaban J connectivity index is 1.25. The van der Waals surface area contributed by atoms with Crippen molar-refractivity contribution < 1.29 is 9.21 Å². The fourth-order valence-electron chi connectivity index (χ4n) is 3.32. The number of aromatic nitrogens is 3. The van der Waals surface area contributed by atoms with Gasteiger partial charge in [-0.1, -0.05) is 18.2 Å². The molecule has 29 heavy (non-hydrogen) atoms. The Kier molecular flexibility index (Phi) is 5.56. The van der Waals surface area contributed by atoms with Gasteiger partial charge >= 0.3 is 0 Å². The zero-order chi connectivity index (χ0) is 20.1. The van der Waals surface area contributed by atoms with Crippen molar-refractivity contribution in [1.82, 2.24) is 20.1 Å². The summed E-state index contributed by atoms with van der Waals surface area (Å²) >= 11 is 0. The first kappa shape index (κ1) is 18.7. The standard InChI is InChI=1S/C22H22N4O3/c27-21(23-12-11-16-15-24-18-6-2-1-5-17(16)18)8-3-13-26-22(28)10-9-19(25-26)20-7-4-14-29-20/h1-2,4-7,9-10,14-15,24H,3,8,11-13H2,(H,23,27). The SMILES string of the molecule is O=C(CCCn1nc(-c2ccco2)ccc1=O)NCCc1c[nH]c2ccccc12. The van der Waals surface area contributed by atoms with Crippen LogP contribution in [0.1, 0.15) is 18.4 Å². The van der Waals surface area contributed by atoms with Gasteiger partial charge in [-0.3, -0.25) is 9.59 Å². The van der Waals surface area contributed by atoms with Crippen LogP contribution in [-0.4, -0.2) is 27.2 Å². The van der Waals surface area contributed by atoms with Crippen molar-refractivity contribution in [2.45, 2.75) is 25.8 Å². The Labute approximate surface area is 167 Å². The molecule has 4 aromatic rings. The molecule has 7 nitrogen and oxygen atoms in total. The van der Waals surface area contributed by atoms with E-state index in [1.807, 2.05) is 24.4 Å². The number of hydrogen-bond acceptors (Lipinski definition) is 4.